The van der Waals surface area contributed by atoms with Crippen LogP contribution < -0.4 is 9.62 Å². The third kappa shape index (κ3) is 8.20. The maximum absolute atomic E-state index is 14.4. The van der Waals surface area contributed by atoms with E-state index in [1.165, 1.54) is 17.0 Å². The minimum Gasteiger partial charge on any atom is -0.355 e. The number of anilines is 1. The molecule has 1 atom stereocenters. The van der Waals surface area contributed by atoms with Crippen LogP contribution in [-0.2, 0) is 39.0 Å². The topological polar surface area (TPSA) is 86.8 Å². The number of hydrogen-bond donors (Lipinski definition) is 1. The standard InChI is InChI=1S/C34H35Cl2N3O4S/c1-3-25-15-19-29(20-16-25)39(44(42,43)30-13-9-6-10-14-30)24-33(40)38(23-27-17-18-28(35)22-31(27)36)32(34(41)37-4-2)21-26-11-7-5-8-12-26/h5-20,22,32H,3-4,21,23-24H2,1-2H3,(H,37,41). The third-order valence-corrected chi connectivity index (χ3v) is 9.60. The monoisotopic (exact) mass is 651 g/mol. The molecule has 0 aliphatic rings. The molecule has 2 amide bonds. The molecule has 0 heterocycles. The Kier molecular flexibility index (Phi) is 11.4. The fraction of sp³-hybridized carbons (Fsp3) is 0.235. The number of aryl methyl sites for hydroxylation is 1. The number of benzene rings is 4. The Bertz CT molecular complexity index is 1670. The molecule has 0 fully saturated rings. The third-order valence-electron chi connectivity index (χ3n) is 7.22. The predicted octanol–water partition coefficient (Wildman–Crippen LogP) is 6.53. The quantitative estimate of drug-likeness (QED) is 0.178. The van der Waals surface area contributed by atoms with Crippen molar-refractivity contribution in [2.24, 2.45) is 0 Å². The Labute approximate surface area is 269 Å². The van der Waals surface area contributed by atoms with Crippen molar-refractivity contribution >= 4 is 50.7 Å². The van der Waals surface area contributed by atoms with Gasteiger partial charge in [-0.25, -0.2) is 8.42 Å². The molecule has 44 heavy (non-hydrogen) atoms. The summed E-state index contributed by atoms with van der Waals surface area (Å²) in [4.78, 5) is 29.4. The van der Waals surface area contributed by atoms with E-state index in [0.717, 1.165) is 21.9 Å². The van der Waals surface area contributed by atoms with Crippen molar-refractivity contribution in [3.05, 3.63) is 130 Å². The minimum atomic E-state index is -4.16. The zero-order valence-electron chi connectivity index (χ0n) is 24.6. The Morgan fingerprint density at radius 2 is 1.45 bits per heavy atom. The average Bonchev–Trinajstić information content (AvgIpc) is 3.03. The summed E-state index contributed by atoms with van der Waals surface area (Å²) in [6, 6.07) is 28.4. The second kappa shape index (κ2) is 15.2. The van der Waals surface area contributed by atoms with Crippen molar-refractivity contribution in [2.75, 3.05) is 17.4 Å². The van der Waals surface area contributed by atoms with Crippen LogP contribution in [0.1, 0.15) is 30.5 Å². The maximum Gasteiger partial charge on any atom is 0.264 e. The number of halogens is 2. The van der Waals surface area contributed by atoms with E-state index in [1.54, 1.807) is 55.5 Å². The van der Waals surface area contributed by atoms with Crippen molar-refractivity contribution in [1.82, 2.24) is 10.2 Å². The average molecular weight is 653 g/mol. The van der Waals surface area contributed by atoms with Gasteiger partial charge in [-0.05, 0) is 66.4 Å². The van der Waals surface area contributed by atoms with E-state index in [0.29, 0.717) is 27.8 Å². The minimum absolute atomic E-state index is 0.0442. The van der Waals surface area contributed by atoms with E-state index >= 15 is 0 Å². The number of amides is 2. The molecule has 10 heteroatoms. The van der Waals surface area contributed by atoms with Crippen LogP contribution in [0.4, 0.5) is 5.69 Å². The van der Waals surface area contributed by atoms with E-state index in [1.807, 2.05) is 49.4 Å². The first-order valence-corrected chi connectivity index (χ1v) is 16.5. The number of sulfonamides is 1. The molecule has 0 bridgehead atoms. The Balaban J connectivity index is 1.81. The van der Waals surface area contributed by atoms with Crippen LogP contribution in [-0.4, -0.2) is 44.3 Å². The van der Waals surface area contributed by atoms with E-state index < -0.39 is 28.5 Å². The van der Waals surface area contributed by atoms with Gasteiger partial charge in [-0.3, -0.25) is 13.9 Å². The Morgan fingerprint density at radius 3 is 2.05 bits per heavy atom. The summed E-state index contributed by atoms with van der Waals surface area (Å²) >= 11 is 12.7. The molecule has 0 saturated carbocycles. The maximum atomic E-state index is 14.4. The first kappa shape index (κ1) is 33.1. The number of rotatable bonds is 13. The highest BCUT2D eigenvalue weighted by molar-refractivity contribution is 7.92. The summed E-state index contributed by atoms with van der Waals surface area (Å²) in [6.07, 6.45) is 0.980. The van der Waals surface area contributed by atoms with Gasteiger partial charge in [0.05, 0.1) is 10.6 Å². The summed E-state index contributed by atoms with van der Waals surface area (Å²) in [5.74, 6) is -0.929. The van der Waals surface area contributed by atoms with Gasteiger partial charge in [0.15, 0.2) is 0 Å². The molecule has 0 aromatic heterocycles. The molecule has 0 saturated heterocycles. The van der Waals surface area contributed by atoms with Crippen molar-refractivity contribution in [3.8, 4) is 0 Å². The largest absolute Gasteiger partial charge is 0.355 e. The molecule has 0 aliphatic heterocycles. The molecule has 1 N–H and O–H groups in total. The van der Waals surface area contributed by atoms with Crippen molar-refractivity contribution in [2.45, 2.75) is 44.2 Å². The van der Waals surface area contributed by atoms with Crippen molar-refractivity contribution in [3.63, 3.8) is 0 Å². The van der Waals surface area contributed by atoms with Gasteiger partial charge in [-0.15, -0.1) is 0 Å². The van der Waals surface area contributed by atoms with E-state index in [-0.39, 0.29) is 23.8 Å². The van der Waals surface area contributed by atoms with E-state index in [9.17, 15) is 18.0 Å². The molecule has 0 radical (unpaired) electrons. The molecular weight excluding hydrogens is 617 g/mol. The molecular formula is C34H35Cl2N3O4S. The van der Waals surface area contributed by atoms with Gasteiger partial charge in [0.2, 0.25) is 11.8 Å². The van der Waals surface area contributed by atoms with Gasteiger partial charge in [-0.2, -0.15) is 0 Å². The number of nitrogens with one attached hydrogen (secondary N) is 1. The van der Waals surface area contributed by atoms with Crippen LogP contribution in [0.2, 0.25) is 10.0 Å². The molecule has 230 valence electrons. The van der Waals surface area contributed by atoms with Crippen LogP contribution in [0, 0.1) is 0 Å². The summed E-state index contributed by atoms with van der Waals surface area (Å²) in [5.41, 5.74) is 2.76. The molecule has 4 rings (SSSR count). The zero-order chi connectivity index (χ0) is 31.7. The van der Waals surface area contributed by atoms with Gasteiger partial charge < -0.3 is 10.2 Å². The summed E-state index contributed by atoms with van der Waals surface area (Å²) in [5, 5.41) is 3.60. The van der Waals surface area contributed by atoms with Gasteiger partial charge in [0.1, 0.15) is 12.6 Å². The van der Waals surface area contributed by atoms with Crippen molar-refractivity contribution < 1.29 is 18.0 Å². The van der Waals surface area contributed by atoms with Gasteiger partial charge in [0, 0.05) is 29.6 Å². The van der Waals surface area contributed by atoms with Gasteiger partial charge in [-0.1, -0.05) is 96.9 Å². The first-order valence-electron chi connectivity index (χ1n) is 14.4. The highest BCUT2D eigenvalue weighted by Gasteiger charge is 2.34. The lowest BCUT2D eigenvalue weighted by Gasteiger charge is -2.34. The number of carbonyl (C=O) groups is 2. The number of likely N-dealkylation sites (N-methyl/N-ethyl adjacent to an activating group) is 1. The number of nitrogens with zero attached hydrogens (tertiary/aromatic N) is 2. The lowest BCUT2D eigenvalue weighted by atomic mass is 10.0. The lowest BCUT2D eigenvalue weighted by molar-refractivity contribution is -0.140. The summed E-state index contributed by atoms with van der Waals surface area (Å²) in [6.45, 7) is 3.57. The smallest absolute Gasteiger partial charge is 0.264 e. The van der Waals surface area contributed by atoms with E-state index in [4.69, 9.17) is 23.2 Å². The fourth-order valence-electron chi connectivity index (χ4n) is 4.83. The molecule has 1 unspecified atom stereocenters. The highest BCUT2D eigenvalue weighted by Crippen LogP contribution is 2.27. The van der Waals surface area contributed by atoms with Crippen molar-refractivity contribution in [1.29, 1.82) is 0 Å². The van der Waals surface area contributed by atoms with Gasteiger partial charge in [0.25, 0.3) is 10.0 Å². The zero-order valence-corrected chi connectivity index (χ0v) is 26.9. The van der Waals surface area contributed by atoms with Crippen LogP contribution in [0.15, 0.2) is 108 Å². The van der Waals surface area contributed by atoms with Crippen LogP contribution in [0.5, 0.6) is 0 Å². The summed E-state index contributed by atoms with van der Waals surface area (Å²) < 4.78 is 29.2. The highest BCUT2D eigenvalue weighted by atomic mass is 35.5. The van der Waals surface area contributed by atoms with Gasteiger partial charge >= 0.3 is 0 Å². The van der Waals surface area contributed by atoms with Crippen LogP contribution in [0.25, 0.3) is 0 Å². The predicted molar refractivity (Wildman–Crippen MR) is 176 cm³/mol. The van der Waals surface area contributed by atoms with Crippen LogP contribution >= 0.6 is 23.2 Å². The summed E-state index contributed by atoms with van der Waals surface area (Å²) in [7, 11) is -4.16. The van der Waals surface area contributed by atoms with E-state index in [2.05, 4.69) is 5.32 Å². The fourth-order valence-corrected chi connectivity index (χ4v) is 6.73. The molecule has 4 aromatic rings. The SMILES string of the molecule is CCNC(=O)C(Cc1ccccc1)N(Cc1ccc(Cl)cc1Cl)C(=O)CN(c1ccc(CC)cc1)S(=O)(=O)c1ccccc1. The molecule has 0 spiro atoms. The Hall–Kier alpha value is -3.85. The van der Waals surface area contributed by atoms with Crippen LogP contribution in [0.3, 0.4) is 0 Å². The second-order valence-corrected chi connectivity index (χ2v) is 12.9. The number of carbonyl (C=O) groups excluding carboxylic acids is 2. The first-order chi connectivity index (χ1) is 21.1. The number of hydrogen-bond acceptors (Lipinski definition) is 4. The Morgan fingerprint density at radius 1 is 0.818 bits per heavy atom. The lowest BCUT2D eigenvalue weighted by Crippen LogP contribution is -2.53. The molecule has 7 nitrogen and oxygen atoms in total. The molecule has 0 aliphatic carbocycles. The molecule has 4 aromatic carbocycles. The normalized spacial score (nSPS) is 11.9. The second-order valence-electron chi connectivity index (χ2n) is 10.2.